The molecule has 1 rings (SSSR count). The van der Waals surface area contributed by atoms with Gasteiger partial charge in [0.2, 0.25) is 0 Å². The van der Waals surface area contributed by atoms with Crippen LogP contribution in [0.3, 0.4) is 0 Å². The van der Waals surface area contributed by atoms with Crippen LogP contribution >= 0.6 is 11.3 Å². The third-order valence-electron chi connectivity index (χ3n) is 2.28. The van der Waals surface area contributed by atoms with E-state index in [-0.39, 0.29) is 10.6 Å². The number of carboxylic acid groups (broad SMARTS) is 1. The Kier molecular flexibility index (Phi) is 4.83. The maximum Gasteiger partial charge on any atom is 0.321 e. The molecule has 18 heavy (non-hydrogen) atoms. The molecule has 0 saturated heterocycles. The third kappa shape index (κ3) is 3.50. The van der Waals surface area contributed by atoms with Gasteiger partial charge in [-0.1, -0.05) is 13.3 Å². The first-order valence-electron chi connectivity index (χ1n) is 5.47. The molecule has 1 aromatic heterocycles. The number of carbonyl (C=O) groups is 1. The standard InChI is InChI=1S/C10H16N2O4S2/c1-4-5-8(9(13)14)12-18(15,16)10-6(2)11-7(3)17-10/h8,12H,4-5H2,1-3H3,(H,13,14). The number of rotatable bonds is 6. The molecule has 0 aromatic carbocycles. The molecule has 1 unspecified atom stereocenters. The summed E-state index contributed by atoms with van der Waals surface area (Å²) in [5, 5.41) is 9.58. The van der Waals surface area contributed by atoms with Crippen LogP contribution in [0.15, 0.2) is 4.21 Å². The van der Waals surface area contributed by atoms with Crippen LogP contribution in [-0.4, -0.2) is 30.5 Å². The van der Waals surface area contributed by atoms with E-state index in [4.69, 9.17) is 5.11 Å². The summed E-state index contributed by atoms with van der Waals surface area (Å²) in [5.41, 5.74) is 0.394. The number of thiazole rings is 1. The molecular weight excluding hydrogens is 276 g/mol. The Labute approximate surface area is 110 Å². The van der Waals surface area contributed by atoms with Crippen LogP contribution in [0.25, 0.3) is 0 Å². The molecule has 0 amide bonds. The fraction of sp³-hybridized carbons (Fsp3) is 0.600. The molecule has 6 nitrogen and oxygen atoms in total. The van der Waals surface area contributed by atoms with E-state index in [1.54, 1.807) is 20.8 Å². The van der Waals surface area contributed by atoms with Crippen LogP contribution in [0.5, 0.6) is 0 Å². The van der Waals surface area contributed by atoms with E-state index in [1.807, 2.05) is 0 Å². The lowest BCUT2D eigenvalue weighted by Crippen LogP contribution is -2.40. The first kappa shape index (κ1) is 15.1. The summed E-state index contributed by atoms with van der Waals surface area (Å²) in [4.78, 5) is 15.0. The number of hydrogen-bond donors (Lipinski definition) is 2. The predicted octanol–water partition coefficient (Wildman–Crippen LogP) is 1.29. The van der Waals surface area contributed by atoms with Crippen molar-refractivity contribution in [3.05, 3.63) is 10.7 Å². The molecule has 102 valence electrons. The van der Waals surface area contributed by atoms with Gasteiger partial charge < -0.3 is 5.11 Å². The van der Waals surface area contributed by atoms with E-state index in [9.17, 15) is 13.2 Å². The van der Waals surface area contributed by atoms with E-state index in [1.165, 1.54) is 0 Å². The van der Waals surface area contributed by atoms with Crippen molar-refractivity contribution in [3.63, 3.8) is 0 Å². The van der Waals surface area contributed by atoms with Gasteiger partial charge in [-0.2, -0.15) is 4.72 Å². The summed E-state index contributed by atoms with van der Waals surface area (Å²) in [6.45, 7) is 5.09. The molecule has 0 spiro atoms. The van der Waals surface area contributed by atoms with Gasteiger partial charge in [-0.25, -0.2) is 13.4 Å². The van der Waals surface area contributed by atoms with Gasteiger partial charge in [0.1, 0.15) is 6.04 Å². The number of nitrogens with one attached hydrogen (secondary N) is 1. The van der Waals surface area contributed by atoms with Crippen molar-refractivity contribution in [2.75, 3.05) is 0 Å². The van der Waals surface area contributed by atoms with Gasteiger partial charge in [0, 0.05) is 0 Å². The second kappa shape index (κ2) is 5.77. The highest BCUT2D eigenvalue weighted by atomic mass is 32.2. The molecular formula is C10H16N2O4S2. The molecule has 0 aliphatic rings. The third-order valence-corrected chi connectivity index (χ3v) is 5.43. The van der Waals surface area contributed by atoms with Crippen LogP contribution in [0, 0.1) is 13.8 Å². The second-order valence-electron chi connectivity index (χ2n) is 3.91. The summed E-state index contributed by atoms with van der Waals surface area (Å²) in [7, 11) is -3.81. The Morgan fingerprint density at radius 3 is 2.50 bits per heavy atom. The van der Waals surface area contributed by atoms with Crippen molar-refractivity contribution < 1.29 is 18.3 Å². The highest BCUT2D eigenvalue weighted by molar-refractivity contribution is 7.91. The van der Waals surface area contributed by atoms with Crippen LogP contribution in [-0.2, 0) is 14.8 Å². The number of carboxylic acids is 1. The fourth-order valence-corrected chi connectivity index (χ4v) is 4.25. The normalized spacial score (nSPS) is 13.5. The minimum absolute atomic E-state index is 0.0855. The minimum Gasteiger partial charge on any atom is -0.480 e. The minimum atomic E-state index is -3.81. The zero-order valence-corrected chi connectivity index (χ0v) is 12.1. The lowest BCUT2D eigenvalue weighted by atomic mass is 10.2. The average molecular weight is 292 g/mol. The molecule has 1 heterocycles. The topological polar surface area (TPSA) is 96.4 Å². The monoisotopic (exact) mass is 292 g/mol. The van der Waals surface area contributed by atoms with Gasteiger partial charge >= 0.3 is 5.97 Å². The van der Waals surface area contributed by atoms with Gasteiger partial charge in [0.05, 0.1) is 10.7 Å². The van der Waals surface area contributed by atoms with Gasteiger partial charge in [0.25, 0.3) is 10.0 Å². The molecule has 1 aromatic rings. The summed E-state index contributed by atoms with van der Waals surface area (Å²) in [6.07, 6.45) is 0.839. The van der Waals surface area contributed by atoms with Crippen molar-refractivity contribution in [2.24, 2.45) is 0 Å². The Hall–Kier alpha value is -0.990. The quantitative estimate of drug-likeness (QED) is 0.823. The zero-order valence-electron chi connectivity index (χ0n) is 10.4. The number of aromatic nitrogens is 1. The number of nitrogens with zero attached hydrogens (tertiary/aromatic N) is 1. The molecule has 0 bridgehead atoms. The maximum absolute atomic E-state index is 12.1. The van der Waals surface area contributed by atoms with Crippen LogP contribution in [0.2, 0.25) is 0 Å². The van der Waals surface area contributed by atoms with Gasteiger partial charge in [-0.15, -0.1) is 11.3 Å². The van der Waals surface area contributed by atoms with Gasteiger partial charge in [-0.05, 0) is 20.3 Å². The van der Waals surface area contributed by atoms with Crippen molar-refractivity contribution >= 4 is 27.3 Å². The first-order chi connectivity index (χ1) is 8.27. The van der Waals surface area contributed by atoms with E-state index in [0.717, 1.165) is 11.3 Å². The number of aliphatic carboxylic acids is 1. The van der Waals surface area contributed by atoms with Crippen molar-refractivity contribution in [2.45, 2.75) is 43.9 Å². The lowest BCUT2D eigenvalue weighted by molar-refractivity contribution is -0.139. The SMILES string of the molecule is CCCC(NS(=O)(=O)c1sc(C)nc1C)C(=O)O. The van der Waals surface area contributed by atoms with Gasteiger partial charge in [0.15, 0.2) is 4.21 Å². The summed E-state index contributed by atoms with van der Waals surface area (Å²) in [6, 6.07) is -1.10. The van der Waals surface area contributed by atoms with E-state index < -0.39 is 22.0 Å². The Bertz CT molecular complexity index is 536. The molecule has 8 heteroatoms. The number of aryl methyl sites for hydroxylation is 2. The number of sulfonamides is 1. The summed E-state index contributed by atoms with van der Waals surface area (Å²) < 4.78 is 26.4. The largest absolute Gasteiger partial charge is 0.480 e. The zero-order chi connectivity index (χ0) is 13.9. The Morgan fingerprint density at radius 2 is 2.11 bits per heavy atom. The van der Waals surface area contributed by atoms with E-state index in [2.05, 4.69) is 9.71 Å². The molecule has 0 aliphatic heterocycles. The van der Waals surface area contributed by atoms with E-state index >= 15 is 0 Å². The fourth-order valence-electron chi connectivity index (χ4n) is 1.52. The molecule has 0 radical (unpaired) electrons. The van der Waals surface area contributed by atoms with Crippen molar-refractivity contribution in [1.82, 2.24) is 9.71 Å². The highest BCUT2D eigenvalue weighted by Crippen LogP contribution is 2.23. The molecule has 0 fully saturated rings. The second-order valence-corrected chi connectivity index (χ2v) is 7.02. The van der Waals surface area contributed by atoms with Crippen LogP contribution in [0.4, 0.5) is 0 Å². The van der Waals surface area contributed by atoms with Crippen molar-refractivity contribution in [1.29, 1.82) is 0 Å². The van der Waals surface area contributed by atoms with Gasteiger partial charge in [-0.3, -0.25) is 4.79 Å². The highest BCUT2D eigenvalue weighted by Gasteiger charge is 2.27. The van der Waals surface area contributed by atoms with E-state index in [0.29, 0.717) is 17.1 Å². The lowest BCUT2D eigenvalue weighted by Gasteiger charge is -2.13. The first-order valence-corrected chi connectivity index (χ1v) is 7.77. The molecule has 1 atom stereocenters. The van der Waals surface area contributed by atoms with Crippen LogP contribution < -0.4 is 4.72 Å². The average Bonchev–Trinajstić information content (AvgIpc) is 2.57. The molecule has 2 N–H and O–H groups in total. The maximum atomic E-state index is 12.1. The van der Waals surface area contributed by atoms with Crippen LogP contribution in [0.1, 0.15) is 30.5 Å². The number of hydrogen-bond acceptors (Lipinski definition) is 5. The summed E-state index contributed by atoms with van der Waals surface area (Å²) >= 11 is 1.04. The Morgan fingerprint density at radius 1 is 1.50 bits per heavy atom. The summed E-state index contributed by atoms with van der Waals surface area (Å²) in [5.74, 6) is -1.17. The predicted molar refractivity (Wildman–Crippen MR) is 68.2 cm³/mol. The smallest absolute Gasteiger partial charge is 0.321 e. The molecule has 0 aliphatic carbocycles. The van der Waals surface area contributed by atoms with Crippen molar-refractivity contribution in [3.8, 4) is 0 Å². The molecule has 0 saturated carbocycles. The Balaban J connectivity index is 3.00.